The van der Waals surface area contributed by atoms with Crippen LogP contribution in [0.1, 0.15) is 18.1 Å². The number of hydrogen-bond acceptors (Lipinski definition) is 5. The Morgan fingerprint density at radius 1 is 0.735 bits per heavy atom. The lowest BCUT2D eigenvalue weighted by Gasteiger charge is -2.34. The average molecular weight is 717 g/mol. The van der Waals surface area contributed by atoms with Gasteiger partial charge < -0.3 is 15.0 Å². The Morgan fingerprint density at radius 2 is 1.29 bits per heavy atom. The van der Waals surface area contributed by atoms with E-state index in [4.69, 9.17) is 27.9 Å². The molecular formula is C38H35Cl2N3O5S. The van der Waals surface area contributed by atoms with Crippen molar-refractivity contribution in [2.75, 3.05) is 17.4 Å². The number of anilines is 1. The maximum absolute atomic E-state index is 14.6. The number of para-hydroxylation sites is 1. The van der Waals surface area contributed by atoms with Crippen LogP contribution in [0.25, 0.3) is 0 Å². The number of likely N-dealkylation sites (N-methyl/N-ethyl adjacent to an activating group) is 1. The number of nitrogens with one attached hydrogen (secondary N) is 1. The van der Waals surface area contributed by atoms with Gasteiger partial charge in [0, 0.05) is 35.1 Å². The predicted molar refractivity (Wildman–Crippen MR) is 194 cm³/mol. The van der Waals surface area contributed by atoms with Gasteiger partial charge in [-0.15, -0.1) is 0 Å². The molecule has 0 radical (unpaired) electrons. The van der Waals surface area contributed by atoms with Crippen LogP contribution in [-0.2, 0) is 32.6 Å². The Labute approximate surface area is 296 Å². The van der Waals surface area contributed by atoms with E-state index in [0.29, 0.717) is 33.7 Å². The van der Waals surface area contributed by atoms with Crippen molar-refractivity contribution < 1.29 is 22.7 Å². The summed E-state index contributed by atoms with van der Waals surface area (Å²) in [5.74, 6) is 0.0606. The van der Waals surface area contributed by atoms with Crippen molar-refractivity contribution in [2.24, 2.45) is 0 Å². The van der Waals surface area contributed by atoms with Gasteiger partial charge in [-0.05, 0) is 73.2 Å². The van der Waals surface area contributed by atoms with Gasteiger partial charge in [0.1, 0.15) is 24.1 Å². The fraction of sp³-hybridized carbons (Fsp3) is 0.158. The lowest BCUT2D eigenvalue weighted by molar-refractivity contribution is -0.140. The molecule has 49 heavy (non-hydrogen) atoms. The lowest BCUT2D eigenvalue weighted by atomic mass is 10.0. The number of sulfonamides is 1. The molecule has 0 saturated heterocycles. The standard InChI is InChI=1S/C38H35Cl2N3O5S/c1-2-41-38(45)36(25-28-13-6-3-7-14-28)42(26-33-34(39)19-12-20-35(33)40)37(44)27-43(49(46,47)32-17-10-5-11-18-32)29-21-23-31(24-22-29)48-30-15-8-4-9-16-30/h3-24,36H,2,25-27H2,1H3,(H,41,45). The Hall–Kier alpha value is -4.83. The zero-order valence-corrected chi connectivity index (χ0v) is 29.0. The molecule has 1 N–H and O–H groups in total. The number of nitrogens with zero attached hydrogens (tertiary/aromatic N) is 2. The quantitative estimate of drug-likeness (QED) is 0.127. The highest BCUT2D eigenvalue weighted by Gasteiger charge is 2.35. The summed E-state index contributed by atoms with van der Waals surface area (Å²) < 4.78 is 35.4. The van der Waals surface area contributed by atoms with Gasteiger partial charge in [-0.1, -0.05) is 96.0 Å². The highest BCUT2D eigenvalue weighted by atomic mass is 35.5. The molecule has 0 fully saturated rings. The van der Waals surface area contributed by atoms with Crippen molar-refractivity contribution in [3.63, 3.8) is 0 Å². The molecule has 5 aromatic rings. The van der Waals surface area contributed by atoms with Crippen molar-refractivity contribution in [2.45, 2.75) is 30.8 Å². The second kappa shape index (κ2) is 16.5. The monoisotopic (exact) mass is 715 g/mol. The summed E-state index contributed by atoms with van der Waals surface area (Å²) in [5.41, 5.74) is 1.47. The first kappa shape index (κ1) is 35.5. The number of rotatable bonds is 14. The number of carbonyl (C=O) groups is 2. The Kier molecular flexibility index (Phi) is 12.0. The van der Waals surface area contributed by atoms with Gasteiger partial charge in [-0.25, -0.2) is 8.42 Å². The number of hydrogen-bond donors (Lipinski definition) is 1. The third-order valence-corrected chi connectivity index (χ3v) is 10.2. The minimum atomic E-state index is -4.27. The summed E-state index contributed by atoms with van der Waals surface area (Å²) in [7, 11) is -4.27. The zero-order valence-electron chi connectivity index (χ0n) is 26.7. The van der Waals surface area contributed by atoms with Crippen LogP contribution in [0.2, 0.25) is 10.0 Å². The molecule has 5 rings (SSSR count). The van der Waals surface area contributed by atoms with Crippen LogP contribution in [0, 0.1) is 0 Å². The van der Waals surface area contributed by atoms with Crippen LogP contribution in [0.5, 0.6) is 11.5 Å². The second-order valence-corrected chi connectivity index (χ2v) is 13.7. The minimum absolute atomic E-state index is 0.00216. The molecule has 8 nitrogen and oxygen atoms in total. The van der Waals surface area contributed by atoms with Crippen molar-refractivity contribution in [3.05, 3.63) is 155 Å². The van der Waals surface area contributed by atoms with Gasteiger partial charge in [0.05, 0.1) is 10.6 Å². The third kappa shape index (κ3) is 9.00. The van der Waals surface area contributed by atoms with E-state index in [1.54, 1.807) is 79.7 Å². The zero-order chi connectivity index (χ0) is 34.8. The first-order valence-corrected chi connectivity index (χ1v) is 17.8. The maximum Gasteiger partial charge on any atom is 0.264 e. The van der Waals surface area contributed by atoms with Crippen molar-refractivity contribution >= 4 is 50.7 Å². The molecule has 1 atom stereocenters. The molecule has 0 aliphatic carbocycles. The van der Waals surface area contributed by atoms with Crippen LogP contribution < -0.4 is 14.4 Å². The predicted octanol–water partition coefficient (Wildman–Crippen LogP) is 7.76. The van der Waals surface area contributed by atoms with Gasteiger partial charge in [-0.3, -0.25) is 13.9 Å². The number of carbonyl (C=O) groups excluding carboxylic acids is 2. The van der Waals surface area contributed by atoms with Gasteiger partial charge in [-0.2, -0.15) is 0 Å². The first-order valence-electron chi connectivity index (χ1n) is 15.6. The van der Waals surface area contributed by atoms with Crippen LogP contribution >= 0.6 is 23.2 Å². The van der Waals surface area contributed by atoms with E-state index in [0.717, 1.165) is 9.87 Å². The van der Waals surface area contributed by atoms with Crippen LogP contribution in [0.15, 0.2) is 138 Å². The van der Waals surface area contributed by atoms with E-state index < -0.39 is 34.4 Å². The van der Waals surface area contributed by atoms with E-state index in [-0.39, 0.29) is 23.5 Å². The van der Waals surface area contributed by atoms with Crippen LogP contribution in [0.4, 0.5) is 5.69 Å². The van der Waals surface area contributed by atoms with Gasteiger partial charge in [0.2, 0.25) is 11.8 Å². The van der Waals surface area contributed by atoms with Crippen LogP contribution in [0.3, 0.4) is 0 Å². The minimum Gasteiger partial charge on any atom is -0.457 e. The molecule has 2 amide bonds. The SMILES string of the molecule is CCNC(=O)C(Cc1ccccc1)N(Cc1c(Cl)cccc1Cl)C(=O)CN(c1ccc(Oc2ccccc2)cc1)S(=O)(=O)c1ccccc1. The van der Waals surface area contributed by atoms with E-state index in [9.17, 15) is 18.0 Å². The summed E-state index contributed by atoms with van der Waals surface area (Å²) >= 11 is 13.1. The fourth-order valence-corrected chi connectivity index (χ4v) is 7.21. The molecule has 0 aliphatic heterocycles. The summed E-state index contributed by atoms with van der Waals surface area (Å²) in [6, 6.07) is 36.7. The Bertz CT molecular complexity index is 1940. The van der Waals surface area contributed by atoms with Crippen molar-refractivity contribution in [3.8, 4) is 11.5 Å². The van der Waals surface area contributed by atoms with E-state index in [1.807, 2.05) is 48.5 Å². The molecule has 0 aromatic heterocycles. The fourth-order valence-electron chi connectivity index (χ4n) is 5.25. The molecule has 1 unspecified atom stereocenters. The smallest absolute Gasteiger partial charge is 0.264 e. The number of benzene rings is 5. The molecule has 5 aromatic carbocycles. The Balaban J connectivity index is 1.56. The normalized spacial score (nSPS) is 11.7. The number of halogens is 2. The molecular weight excluding hydrogens is 681 g/mol. The van der Waals surface area contributed by atoms with Gasteiger partial charge >= 0.3 is 0 Å². The molecule has 11 heteroatoms. The molecule has 0 saturated carbocycles. The van der Waals surface area contributed by atoms with E-state index in [1.165, 1.54) is 17.0 Å². The molecule has 0 aliphatic rings. The summed E-state index contributed by atoms with van der Waals surface area (Å²) in [6.45, 7) is 1.34. The van der Waals surface area contributed by atoms with Crippen molar-refractivity contribution in [1.82, 2.24) is 10.2 Å². The summed E-state index contributed by atoms with van der Waals surface area (Å²) in [5, 5.41) is 3.45. The second-order valence-electron chi connectivity index (χ2n) is 11.1. The lowest BCUT2D eigenvalue weighted by Crippen LogP contribution is -2.53. The van der Waals surface area contributed by atoms with Crippen LogP contribution in [-0.4, -0.2) is 44.3 Å². The number of ether oxygens (including phenoxy) is 1. The molecule has 0 heterocycles. The number of amides is 2. The topological polar surface area (TPSA) is 96.0 Å². The first-order chi connectivity index (χ1) is 23.7. The highest BCUT2D eigenvalue weighted by Crippen LogP contribution is 2.30. The van der Waals surface area contributed by atoms with Gasteiger partial charge in [0.25, 0.3) is 10.0 Å². The van der Waals surface area contributed by atoms with Gasteiger partial charge in [0.15, 0.2) is 0 Å². The molecule has 0 spiro atoms. The summed E-state index contributed by atoms with van der Waals surface area (Å²) in [4.78, 5) is 29.7. The van der Waals surface area contributed by atoms with Crippen molar-refractivity contribution in [1.29, 1.82) is 0 Å². The maximum atomic E-state index is 14.6. The highest BCUT2D eigenvalue weighted by molar-refractivity contribution is 7.92. The largest absolute Gasteiger partial charge is 0.457 e. The van der Waals surface area contributed by atoms with E-state index in [2.05, 4.69) is 5.32 Å². The molecule has 0 bridgehead atoms. The third-order valence-electron chi connectivity index (χ3n) is 7.73. The average Bonchev–Trinajstić information content (AvgIpc) is 3.11. The van der Waals surface area contributed by atoms with E-state index >= 15 is 0 Å². The molecule has 252 valence electrons. The Morgan fingerprint density at radius 3 is 1.88 bits per heavy atom. The summed E-state index contributed by atoms with van der Waals surface area (Å²) in [6.07, 6.45) is 0.164.